The Balaban J connectivity index is 1.84. The first-order valence-electron chi connectivity index (χ1n) is 9.70. The van der Waals surface area contributed by atoms with Crippen molar-refractivity contribution in [3.8, 4) is 16.9 Å². The second kappa shape index (κ2) is 8.95. The van der Waals surface area contributed by atoms with E-state index in [1.165, 1.54) is 6.07 Å². The molecule has 1 heterocycles. The molecule has 9 heteroatoms. The zero-order valence-corrected chi connectivity index (χ0v) is 17.4. The van der Waals surface area contributed by atoms with Gasteiger partial charge in [-0.3, -0.25) is 15.0 Å². The maximum atomic E-state index is 14.3. The van der Waals surface area contributed by atoms with Crippen molar-refractivity contribution in [2.75, 3.05) is 12.0 Å². The number of nitrogens with one attached hydrogen (secondary N) is 1. The van der Waals surface area contributed by atoms with Crippen molar-refractivity contribution in [1.29, 1.82) is 0 Å². The summed E-state index contributed by atoms with van der Waals surface area (Å²) in [6, 6.07) is 7.97. The van der Waals surface area contributed by atoms with E-state index in [9.17, 15) is 19.1 Å². The fraction of sp³-hybridized carbons (Fsp3) is 0.273. The lowest BCUT2D eigenvalue weighted by atomic mass is 9.99. The van der Waals surface area contributed by atoms with Crippen molar-refractivity contribution >= 4 is 29.0 Å². The predicted octanol–water partition coefficient (Wildman–Crippen LogP) is 3.67. The van der Waals surface area contributed by atoms with Crippen LogP contribution in [0.15, 0.2) is 40.5 Å². The minimum Gasteiger partial charge on any atom is -0.505 e. The fourth-order valence-corrected chi connectivity index (χ4v) is 3.36. The average Bonchev–Trinajstić information content (AvgIpc) is 2.94. The number of halogens is 1. The number of hydrazone groups is 2. The number of aliphatic carboxylic acids is 1. The molecule has 0 fully saturated rings. The van der Waals surface area contributed by atoms with E-state index >= 15 is 0 Å². The molecule has 8 nitrogen and oxygen atoms in total. The molecule has 162 valence electrons. The number of rotatable bonds is 7. The van der Waals surface area contributed by atoms with Gasteiger partial charge in [0.25, 0.3) is 5.91 Å². The molecular weight excluding hydrogens is 403 g/mol. The Morgan fingerprint density at radius 3 is 2.48 bits per heavy atom. The Hall–Kier alpha value is -3.75. The number of phenols is 1. The molecule has 0 spiro atoms. The number of aromatic hydroxyl groups is 1. The van der Waals surface area contributed by atoms with Crippen LogP contribution >= 0.6 is 0 Å². The van der Waals surface area contributed by atoms with Crippen molar-refractivity contribution < 1.29 is 24.2 Å². The minimum absolute atomic E-state index is 0.00610. The highest BCUT2D eigenvalue weighted by atomic mass is 19.1. The highest BCUT2D eigenvalue weighted by molar-refractivity contribution is 6.68. The van der Waals surface area contributed by atoms with Crippen LogP contribution in [0.4, 0.5) is 10.1 Å². The Morgan fingerprint density at radius 2 is 1.84 bits per heavy atom. The molecule has 0 radical (unpaired) electrons. The Morgan fingerprint density at radius 1 is 1.16 bits per heavy atom. The van der Waals surface area contributed by atoms with Gasteiger partial charge in [-0.1, -0.05) is 29.3 Å². The van der Waals surface area contributed by atoms with E-state index in [0.29, 0.717) is 16.8 Å². The highest BCUT2D eigenvalue weighted by Gasteiger charge is 2.29. The summed E-state index contributed by atoms with van der Waals surface area (Å²) in [6.45, 7) is 5.55. The normalized spacial score (nSPS) is 14.8. The molecule has 3 rings (SSSR count). The van der Waals surface area contributed by atoms with Crippen LogP contribution < -0.4 is 5.43 Å². The van der Waals surface area contributed by atoms with Crippen LogP contribution in [0.3, 0.4) is 0 Å². The number of carboxylic acids is 1. The van der Waals surface area contributed by atoms with Gasteiger partial charge in [-0.2, -0.15) is 10.2 Å². The second-order valence-corrected chi connectivity index (χ2v) is 7.41. The molecule has 0 bridgehead atoms. The number of hydrogen-bond donors (Lipinski definition) is 3. The SMILES string of the molecule is CC1=NN(CCCC(=O)O)C(=O)/C1=N\Nc1cc(F)cc(-c2cc(C)cc(C)c2)c1O. The van der Waals surface area contributed by atoms with Gasteiger partial charge >= 0.3 is 5.97 Å². The summed E-state index contributed by atoms with van der Waals surface area (Å²) in [5.41, 5.74) is 5.81. The largest absolute Gasteiger partial charge is 0.505 e. The van der Waals surface area contributed by atoms with Crippen molar-refractivity contribution in [2.24, 2.45) is 10.2 Å². The van der Waals surface area contributed by atoms with E-state index in [0.717, 1.165) is 22.2 Å². The van der Waals surface area contributed by atoms with Gasteiger partial charge in [0.1, 0.15) is 17.3 Å². The second-order valence-electron chi connectivity index (χ2n) is 7.41. The van der Waals surface area contributed by atoms with Gasteiger partial charge in [0.2, 0.25) is 0 Å². The Bertz CT molecular complexity index is 1090. The summed E-state index contributed by atoms with van der Waals surface area (Å²) in [5.74, 6) is -2.23. The molecule has 1 aliphatic heterocycles. The molecule has 1 amide bonds. The highest BCUT2D eigenvalue weighted by Crippen LogP contribution is 2.37. The van der Waals surface area contributed by atoms with Crippen LogP contribution in [0.25, 0.3) is 11.1 Å². The monoisotopic (exact) mass is 426 g/mol. The van der Waals surface area contributed by atoms with Crippen LogP contribution in [0.2, 0.25) is 0 Å². The summed E-state index contributed by atoms with van der Waals surface area (Å²) in [5, 5.41) is 28.7. The topological polar surface area (TPSA) is 115 Å². The van der Waals surface area contributed by atoms with Gasteiger partial charge in [-0.25, -0.2) is 9.40 Å². The number of anilines is 1. The summed E-state index contributed by atoms with van der Waals surface area (Å²) in [7, 11) is 0. The fourth-order valence-electron chi connectivity index (χ4n) is 3.36. The van der Waals surface area contributed by atoms with Crippen LogP contribution in [-0.4, -0.2) is 45.1 Å². The lowest BCUT2D eigenvalue weighted by molar-refractivity contribution is -0.137. The van der Waals surface area contributed by atoms with Gasteiger partial charge in [-0.15, -0.1) is 0 Å². The van der Waals surface area contributed by atoms with Crippen molar-refractivity contribution in [1.82, 2.24) is 5.01 Å². The van der Waals surface area contributed by atoms with E-state index in [2.05, 4.69) is 15.6 Å². The quantitative estimate of drug-likeness (QED) is 0.462. The summed E-state index contributed by atoms with van der Waals surface area (Å²) >= 11 is 0. The predicted molar refractivity (Wildman–Crippen MR) is 116 cm³/mol. The molecule has 0 aliphatic carbocycles. The number of hydrogen-bond acceptors (Lipinski definition) is 6. The molecule has 3 N–H and O–H groups in total. The number of carboxylic acid groups (broad SMARTS) is 1. The summed E-state index contributed by atoms with van der Waals surface area (Å²) < 4.78 is 14.3. The first-order valence-corrected chi connectivity index (χ1v) is 9.70. The Labute approximate surface area is 178 Å². The van der Waals surface area contributed by atoms with Crippen molar-refractivity contribution in [2.45, 2.75) is 33.6 Å². The van der Waals surface area contributed by atoms with E-state index in [4.69, 9.17) is 5.11 Å². The van der Waals surface area contributed by atoms with E-state index in [1.54, 1.807) is 6.92 Å². The van der Waals surface area contributed by atoms with Crippen LogP contribution in [0.1, 0.15) is 30.9 Å². The Kier molecular flexibility index (Phi) is 6.33. The lowest BCUT2D eigenvalue weighted by Gasteiger charge is -2.12. The number of amides is 1. The first kappa shape index (κ1) is 21.9. The number of aryl methyl sites for hydroxylation is 2. The van der Waals surface area contributed by atoms with E-state index in [-0.39, 0.29) is 36.5 Å². The maximum Gasteiger partial charge on any atom is 0.303 e. The number of phenolic OH excluding ortho intramolecular Hbond substituents is 1. The van der Waals surface area contributed by atoms with Gasteiger partial charge in [-0.05, 0) is 38.8 Å². The zero-order valence-electron chi connectivity index (χ0n) is 17.4. The molecule has 2 aromatic rings. The molecule has 0 atom stereocenters. The van der Waals surface area contributed by atoms with Crippen molar-refractivity contribution in [3.05, 3.63) is 47.3 Å². The molecule has 0 unspecified atom stereocenters. The number of carbonyl (C=O) groups is 2. The summed E-state index contributed by atoms with van der Waals surface area (Å²) in [4.78, 5) is 23.1. The molecule has 0 saturated carbocycles. The standard InChI is InChI=1S/C22H23FN4O4/c1-12-7-13(2)9-15(8-12)17-10-16(23)11-18(21(17)30)24-25-20-14(3)26-27(22(20)31)6-4-5-19(28)29/h7-11,24,30H,4-6H2,1-3H3,(H,28,29)/b25-20-. The third kappa shape index (κ3) is 5.06. The van der Waals surface area contributed by atoms with Gasteiger partial charge in [0.15, 0.2) is 5.71 Å². The van der Waals surface area contributed by atoms with Crippen LogP contribution in [0, 0.1) is 19.7 Å². The van der Waals surface area contributed by atoms with E-state index in [1.807, 2.05) is 32.0 Å². The third-order valence-corrected chi connectivity index (χ3v) is 4.71. The maximum absolute atomic E-state index is 14.3. The summed E-state index contributed by atoms with van der Waals surface area (Å²) in [6.07, 6.45) is 0.171. The molecule has 31 heavy (non-hydrogen) atoms. The minimum atomic E-state index is -0.955. The van der Waals surface area contributed by atoms with Gasteiger partial charge < -0.3 is 10.2 Å². The molecule has 2 aromatic carbocycles. The molecule has 0 aromatic heterocycles. The third-order valence-electron chi connectivity index (χ3n) is 4.71. The lowest BCUT2D eigenvalue weighted by Crippen LogP contribution is -2.29. The smallest absolute Gasteiger partial charge is 0.303 e. The van der Waals surface area contributed by atoms with Gasteiger partial charge in [0.05, 0.1) is 5.71 Å². The number of carbonyl (C=O) groups excluding carboxylic acids is 1. The molecule has 0 saturated heterocycles. The average molecular weight is 426 g/mol. The van der Waals surface area contributed by atoms with Crippen LogP contribution in [-0.2, 0) is 9.59 Å². The first-order chi connectivity index (χ1) is 14.7. The molecular formula is C22H23FN4O4. The van der Waals surface area contributed by atoms with E-state index < -0.39 is 17.7 Å². The van der Waals surface area contributed by atoms with Crippen molar-refractivity contribution in [3.63, 3.8) is 0 Å². The number of nitrogens with zero attached hydrogens (tertiary/aromatic N) is 3. The number of benzene rings is 2. The zero-order chi connectivity index (χ0) is 22.7. The van der Waals surface area contributed by atoms with Crippen LogP contribution in [0.5, 0.6) is 5.75 Å². The molecule has 1 aliphatic rings. The van der Waals surface area contributed by atoms with Gasteiger partial charge in [0, 0.05) is 24.6 Å².